The van der Waals surface area contributed by atoms with Crippen LogP contribution in [0.15, 0.2) is 6.33 Å². The molecule has 0 saturated heterocycles. The molecule has 0 bridgehead atoms. The molecule has 7 unspecified atom stereocenters. The Kier molecular flexibility index (Phi) is 5.36. The summed E-state index contributed by atoms with van der Waals surface area (Å²) in [6.07, 6.45) is 11.5. The van der Waals surface area contributed by atoms with Gasteiger partial charge >= 0.3 is 0 Å². The van der Waals surface area contributed by atoms with Crippen molar-refractivity contribution < 1.29 is 9.90 Å². The van der Waals surface area contributed by atoms with Gasteiger partial charge in [0.2, 0.25) is 0 Å². The Morgan fingerprint density at radius 2 is 2.04 bits per heavy atom. The standard InChI is InChI=1S/C22H36N4O2/c1-4-15-12-21(2,28)9-8-18(15)16-7-10-22(3)17(11-16)5-6-19(22)20(27)13-26-24-14-23-25-26/h14-19,28H,4-13H2,1-3H3. The topological polar surface area (TPSA) is 80.9 Å². The molecular formula is C22H36N4O2. The van der Waals surface area contributed by atoms with Gasteiger partial charge in [0.05, 0.1) is 5.60 Å². The number of hydrogen-bond donors (Lipinski definition) is 1. The molecule has 6 nitrogen and oxygen atoms in total. The second kappa shape index (κ2) is 7.51. The average molecular weight is 389 g/mol. The first-order chi connectivity index (χ1) is 13.3. The van der Waals surface area contributed by atoms with Crippen molar-refractivity contribution in [3.05, 3.63) is 6.33 Å². The van der Waals surface area contributed by atoms with E-state index in [0.29, 0.717) is 11.8 Å². The quantitative estimate of drug-likeness (QED) is 0.833. The first-order valence-corrected chi connectivity index (χ1v) is 11.3. The lowest BCUT2D eigenvalue weighted by atomic mass is 9.56. The molecule has 156 valence electrons. The van der Waals surface area contributed by atoms with Crippen molar-refractivity contribution in [3.63, 3.8) is 0 Å². The zero-order valence-corrected chi connectivity index (χ0v) is 17.7. The fraction of sp³-hybridized carbons (Fsp3) is 0.909. The zero-order valence-electron chi connectivity index (χ0n) is 17.7. The van der Waals surface area contributed by atoms with Crippen LogP contribution in [0.2, 0.25) is 0 Å². The van der Waals surface area contributed by atoms with E-state index in [-0.39, 0.29) is 23.7 Å². The Hall–Kier alpha value is -1.30. The fourth-order valence-corrected chi connectivity index (χ4v) is 7.08. The van der Waals surface area contributed by atoms with Gasteiger partial charge in [-0.2, -0.15) is 4.80 Å². The van der Waals surface area contributed by atoms with Crippen molar-refractivity contribution in [2.45, 2.75) is 90.7 Å². The minimum atomic E-state index is -0.472. The third kappa shape index (κ3) is 3.64. The largest absolute Gasteiger partial charge is 0.390 e. The highest BCUT2D eigenvalue weighted by molar-refractivity contribution is 5.81. The highest BCUT2D eigenvalue weighted by atomic mass is 16.3. The maximum absolute atomic E-state index is 13.0. The number of aromatic nitrogens is 4. The van der Waals surface area contributed by atoms with E-state index < -0.39 is 5.60 Å². The van der Waals surface area contributed by atoms with Crippen LogP contribution < -0.4 is 0 Å². The summed E-state index contributed by atoms with van der Waals surface area (Å²) < 4.78 is 0. The van der Waals surface area contributed by atoms with Crippen LogP contribution in [0, 0.1) is 35.0 Å². The zero-order chi connectivity index (χ0) is 19.9. The van der Waals surface area contributed by atoms with Crippen molar-refractivity contribution in [2.75, 3.05) is 0 Å². The predicted molar refractivity (Wildman–Crippen MR) is 106 cm³/mol. The number of tetrazole rings is 1. The smallest absolute Gasteiger partial charge is 0.162 e. The molecule has 1 N–H and O–H groups in total. The Bertz CT molecular complexity index is 689. The van der Waals surface area contributed by atoms with E-state index >= 15 is 0 Å². The van der Waals surface area contributed by atoms with Gasteiger partial charge < -0.3 is 5.11 Å². The number of ketones is 1. The van der Waals surface area contributed by atoms with Crippen LogP contribution in [0.25, 0.3) is 0 Å². The third-order valence-corrected chi connectivity index (χ3v) is 8.70. The van der Waals surface area contributed by atoms with Gasteiger partial charge in [0.25, 0.3) is 0 Å². The van der Waals surface area contributed by atoms with Gasteiger partial charge in [-0.25, -0.2) is 0 Å². The van der Waals surface area contributed by atoms with E-state index in [9.17, 15) is 9.90 Å². The SMILES string of the molecule is CCC1CC(C)(O)CCC1C1CCC2(C)C(CCC2C(=O)Cn2ncnn2)C1. The molecule has 3 aliphatic carbocycles. The molecule has 0 spiro atoms. The molecule has 6 heteroatoms. The van der Waals surface area contributed by atoms with Crippen molar-refractivity contribution in [1.82, 2.24) is 20.2 Å². The number of carbonyl (C=O) groups is 1. The van der Waals surface area contributed by atoms with E-state index in [1.54, 1.807) is 0 Å². The summed E-state index contributed by atoms with van der Waals surface area (Å²) in [5.74, 6) is 3.24. The maximum Gasteiger partial charge on any atom is 0.162 e. The average Bonchev–Trinajstić information content (AvgIpc) is 3.27. The minimum Gasteiger partial charge on any atom is -0.390 e. The van der Waals surface area contributed by atoms with Crippen LogP contribution in [0.1, 0.15) is 78.6 Å². The van der Waals surface area contributed by atoms with E-state index in [0.717, 1.165) is 37.5 Å². The molecule has 0 amide bonds. The summed E-state index contributed by atoms with van der Waals surface area (Å²) >= 11 is 0. The van der Waals surface area contributed by atoms with Crippen LogP contribution in [-0.2, 0) is 11.3 Å². The maximum atomic E-state index is 13.0. The molecule has 1 aromatic rings. The minimum absolute atomic E-state index is 0.135. The van der Waals surface area contributed by atoms with Gasteiger partial charge in [0, 0.05) is 5.92 Å². The Morgan fingerprint density at radius 1 is 1.21 bits per heavy atom. The molecule has 1 aromatic heterocycles. The van der Waals surface area contributed by atoms with E-state index in [1.165, 1.54) is 43.2 Å². The third-order valence-electron chi connectivity index (χ3n) is 8.70. The monoisotopic (exact) mass is 388 g/mol. The van der Waals surface area contributed by atoms with Gasteiger partial charge in [0.15, 0.2) is 12.1 Å². The number of nitrogens with zero attached hydrogens (tertiary/aromatic N) is 4. The lowest BCUT2D eigenvalue weighted by Crippen LogP contribution is -2.44. The second-order valence-corrected chi connectivity index (χ2v) is 10.4. The second-order valence-electron chi connectivity index (χ2n) is 10.4. The fourth-order valence-electron chi connectivity index (χ4n) is 7.08. The number of rotatable bonds is 5. The molecule has 4 rings (SSSR count). The number of aliphatic hydroxyl groups is 1. The molecule has 1 heterocycles. The summed E-state index contributed by atoms with van der Waals surface area (Å²) in [5.41, 5.74) is -0.337. The summed E-state index contributed by atoms with van der Waals surface area (Å²) in [7, 11) is 0. The lowest BCUT2D eigenvalue weighted by molar-refractivity contribution is -0.129. The summed E-state index contributed by atoms with van der Waals surface area (Å²) in [6, 6.07) is 0. The number of fused-ring (bicyclic) bond motifs is 1. The molecule has 3 saturated carbocycles. The molecular weight excluding hydrogens is 352 g/mol. The Labute approximate surface area is 168 Å². The van der Waals surface area contributed by atoms with E-state index in [4.69, 9.17) is 0 Å². The molecule has 3 fully saturated rings. The van der Waals surface area contributed by atoms with Crippen molar-refractivity contribution in [3.8, 4) is 0 Å². The normalized spacial score (nSPS) is 43.6. The Balaban J connectivity index is 1.42. The predicted octanol–water partition coefficient (Wildman–Crippen LogP) is 3.65. The van der Waals surface area contributed by atoms with Crippen LogP contribution in [0.3, 0.4) is 0 Å². The molecule has 0 aliphatic heterocycles. The number of carbonyl (C=O) groups excluding carboxylic acids is 1. The van der Waals surface area contributed by atoms with Crippen molar-refractivity contribution >= 4 is 5.78 Å². The molecule has 7 atom stereocenters. The van der Waals surface area contributed by atoms with Gasteiger partial charge in [0.1, 0.15) is 6.54 Å². The van der Waals surface area contributed by atoms with Crippen LogP contribution in [-0.4, -0.2) is 36.7 Å². The molecule has 0 aromatic carbocycles. The number of Topliss-reactive ketones (excluding diaryl/α,β-unsaturated/α-hetero) is 1. The van der Waals surface area contributed by atoms with Crippen LogP contribution >= 0.6 is 0 Å². The van der Waals surface area contributed by atoms with Crippen LogP contribution in [0.5, 0.6) is 0 Å². The highest BCUT2D eigenvalue weighted by Crippen LogP contribution is 2.59. The molecule has 28 heavy (non-hydrogen) atoms. The summed E-state index contributed by atoms with van der Waals surface area (Å²) in [4.78, 5) is 14.4. The lowest BCUT2D eigenvalue weighted by Gasteiger charge is -2.49. The van der Waals surface area contributed by atoms with E-state index in [1.807, 2.05) is 6.92 Å². The van der Waals surface area contributed by atoms with Crippen molar-refractivity contribution in [1.29, 1.82) is 0 Å². The first-order valence-electron chi connectivity index (χ1n) is 11.3. The summed E-state index contributed by atoms with van der Waals surface area (Å²) in [5, 5.41) is 22.1. The van der Waals surface area contributed by atoms with Gasteiger partial charge in [-0.15, -0.1) is 10.2 Å². The Morgan fingerprint density at radius 3 is 2.75 bits per heavy atom. The van der Waals surface area contributed by atoms with Gasteiger partial charge in [-0.3, -0.25) is 4.79 Å². The van der Waals surface area contributed by atoms with Gasteiger partial charge in [-0.05, 0) is 92.6 Å². The molecule has 3 aliphatic rings. The first kappa shape index (κ1) is 20.0. The summed E-state index contributed by atoms with van der Waals surface area (Å²) in [6.45, 7) is 6.92. The van der Waals surface area contributed by atoms with E-state index in [2.05, 4.69) is 29.3 Å². The van der Waals surface area contributed by atoms with Gasteiger partial charge in [-0.1, -0.05) is 20.3 Å². The highest BCUT2D eigenvalue weighted by Gasteiger charge is 2.53. The van der Waals surface area contributed by atoms with Crippen LogP contribution in [0.4, 0.5) is 0 Å². The number of hydrogen-bond acceptors (Lipinski definition) is 5. The molecule has 0 radical (unpaired) electrons. The van der Waals surface area contributed by atoms with Crippen molar-refractivity contribution in [2.24, 2.45) is 35.0 Å².